The number of hydrogen-bond donors (Lipinski definition) is 0. The van der Waals surface area contributed by atoms with Crippen LogP contribution >= 0.6 is 0 Å². The summed E-state index contributed by atoms with van der Waals surface area (Å²) in [5.74, 6) is 0.598. The van der Waals surface area contributed by atoms with Crippen molar-refractivity contribution in [3.63, 3.8) is 0 Å². The normalized spacial score (nSPS) is 12.1. The monoisotopic (exact) mass is 1000 g/mol. The Labute approximate surface area is 453 Å². The maximum atomic E-state index is 5.85. The van der Waals surface area contributed by atoms with Gasteiger partial charge >= 0.3 is 0 Å². The summed E-state index contributed by atoms with van der Waals surface area (Å²) in [6, 6.07) is 99.3. The van der Waals surface area contributed by atoms with Crippen LogP contribution in [0, 0.1) is 0 Å². The van der Waals surface area contributed by atoms with Crippen LogP contribution in [-0.4, -0.2) is 23.7 Å². The molecule has 0 aliphatic carbocycles. The van der Waals surface area contributed by atoms with Gasteiger partial charge in [0.05, 0.1) is 44.5 Å². The van der Waals surface area contributed by atoms with E-state index in [1.54, 1.807) is 0 Å². The highest BCUT2D eigenvalue weighted by Crippen LogP contribution is 2.50. The lowest BCUT2D eigenvalue weighted by molar-refractivity contribution is 0.998. The minimum absolute atomic E-state index is 0.598. The molecule has 0 amide bonds. The molecule has 0 radical (unpaired) electrons. The fraction of sp³-hybridized carbons (Fsp3) is 0. The summed E-state index contributed by atoms with van der Waals surface area (Å²) in [5, 5.41) is 16.6. The second kappa shape index (κ2) is 16.9. The quantitative estimate of drug-likeness (QED) is 0.156. The summed E-state index contributed by atoms with van der Waals surface area (Å²) in [5.41, 5.74) is 14.8. The molecule has 5 heteroatoms. The smallest absolute Gasteiger partial charge is 0.235 e. The van der Waals surface area contributed by atoms with Gasteiger partial charge in [-0.2, -0.15) is 0 Å². The maximum absolute atomic E-state index is 5.85. The Morgan fingerprint density at radius 3 is 1.37 bits per heavy atom. The van der Waals surface area contributed by atoms with Gasteiger partial charge < -0.3 is 9.13 Å². The number of hydrogen-bond acceptors (Lipinski definition) is 2. The van der Waals surface area contributed by atoms with Crippen LogP contribution in [0.2, 0.25) is 0 Å². The molecule has 13 aromatic carbocycles. The van der Waals surface area contributed by atoms with Crippen LogP contribution in [0.15, 0.2) is 273 Å². The molecule has 17 rings (SSSR count). The van der Waals surface area contributed by atoms with Crippen LogP contribution in [-0.2, 0) is 0 Å². The Kier molecular flexibility index (Phi) is 9.35. The molecule has 0 aliphatic rings. The van der Waals surface area contributed by atoms with Crippen molar-refractivity contribution >= 4 is 109 Å². The van der Waals surface area contributed by atoms with E-state index in [1.807, 2.05) is 0 Å². The van der Waals surface area contributed by atoms with Crippen molar-refractivity contribution in [2.24, 2.45) is 0 Å². The third kappa shape index (κ3) is 6.39. The first-order chi connectivity index (χ1) is 39.2. The minimum Gasteiger partial charge on any atom is -0.309 e. The van der Waals surface area contributed by atoms with E-state index < -0.39 is 0 Å². The summed E-state index contributed by atoms with van der Waals surface area (Å²) >= 11 is 0. The standard InChI is InChI=1S/C74H45N5/c1-4-21-46(22-5-1)48-25-20-26-49(43-48)64-45-63(47-23-6-2-7-24-47)75-74(76-64)79-72-61(69-59-36-15-14-35-58(59)68-56-33-12-10-29-52(56)53-30-11-13-34-57(53)70(68)73(69)79)41-40-60-54-31-16-19-38-66(54)78(71(60)72)51-39-42-67-62(44-51)55-32-17-18-37-65(55)77(67)50-27-8-3-9-28-50/h1-45H. The molecule has 0 unspecified atom stereocenters. The van der Waals surface area contributed by atoms with Crippen LogP contribution in [0.3, 0.4) is 0 Å². The topological polar surface area (TPSA) is 40.6 Å². The lowest BCUT2D eigenvalue weighted by atomic mass is 9.89. The molecule has 0 aliphatic heterocycles. The fourth-order valence-corrected chi connectivity index (χ4v) is 13.3. The second-order valence-corrected chi connectivity index (χ2v) is 20.8. The average molecular weight is 1000 g/mol. The molecule has 0 atom stereocenters. The molecular weight excluding hydrogens is 959 g/mol. The molecule has 0 saturated heterocycles. The van der Waals surface area contributed by atoms with Crippen molar-refractivity contribution in [2.75, 3.05) is 0 Å². The summed E-state index contributed by atoms with van der Waals surface area (Å²) in [6.07, 6.45) is 0. The Morgan fingerprint density at radius 2 is 0.684 bits per heavy atom. The first-order valence-corrected chi connectivity index (χ1v) is 27.1. The molecule has 4 heterocycles. The Morgan fingerprint density at radius 1 is 0.215 bits per heavy atom. The molecule has 4 aromatic heterocycles. The second-order valence-electron chi connectivity index (χ2n) is 20.8. The zero-order chi connectivity index (χ0) is 51.7. The third-order valence-corrected chi connectivity index (χ3v) is 16.6. The number of fused-ring (bicyclic) bond motifs is 20. The molecule has 0 saturated carbocycles. The van der Waals surface area contributed by atoms with Gasteiger partial charge in [-0.3, -0.25) is 4.57 Å². The molecule has 17 aromatic rings. The van der Waals surface area contributed by atoms with Crippen LogP contribution in [0.4, 0.5) is 0 Å². The zero-order valence-corrected chi connectivity index (χ0v) is 42.7. The van der Waals surface area contributed by atoms with Gasteiger partial charge in [-0.15, -0.1) is 0 Å². The van der Waals surface area contributed by atoms with Crippen molar-refractivity contribution in [1.29, 1.82) is 0 Å². The summed E-state index contributed by atoms with van der Waals surface area (Å²) in [7, 11) is 0. The Balaban J connectivity index is 1.09. The van der Waals surface area contributed by atoms with E-state index in [2.05, 4.69) is 287 Å². The van der Waals surface area contributed by atoms with Crippen molar-refractivity contribution < 1.29 is 0 Å². The van der Waals surface area contributed by atoms with Gasteiger partial charge in [0.25, 0.3) is 0 Å². The third-order valence-electron chi connectivity index (χ3n) is 16.6. The van der Waals surface area contributed by atoms with E-state index in [9.17, 15) is 0 Å². The number of benzene rings is 13. The summed E-state index contributed by atoms with van der Waals surface area (Å²) in [6.45, 7) is 0. The number of aromatic nitrogens is 5. The van der Waals surface area contributed by atoms with Crippen molar-refractivity contribution in [3.8, 4) is 51.0 Å². The highest BCUT2D eigenvalue weighted by Gasteiger charge is 2.28. The van der Waals surface area contributed by atoms with E-state index in [0.717, 1.165) is 83.4 Å². The first kappa shape index (κ1) is 43.6. The van der Waals surface area contributed by atoms with Crippen molar-refractivity contribution in [3.05, 3.63) is 273 Å². The zero-order valence-electron chi connectivity index (χ0n) is 42.7. The fourth-order valence-electron chi connectivity index (χ4n) is 13.3. The maximum Gasteiger partial charge on any atom is 0.235 e. The molecule has 5 nitrogen and oxygen atoms in total. The average Bonchev–Trinajstić information content (AvgIpc) is 4.30. The van der Waals surface area contributed by atoms with Crippen LogP contribution < -0.4 is 0 Å². The highest BCUT2D eigenvalue weighted by atomic mass is 15.2. The molecular formula is C74H45N5. The highest BCUT2D eigenvalue weighted by molar-refractivity contribution is 6.43. The predicted molar refractivity (Wildman–Crippen MR) is 331 cm³/mol. The van der Waals surface area contributed by atoms with E-state index in [-0.39, 0.29) is 0 Å². The van der Waals surface area contributed by atoms with Gasteiger partial charge in [0.2, 0.25) is 5.95 Å². The van der Waals surface area contributed by atoms with E-state index >= 15 is 0 Å². The first-order valence-electron chi connectivity index (χ1n) is 27.1. The SMILES string of the molecule is c1ccc(-c2cccc(-c3cc(-c4ccccc4)nc(-n4c5c(c6ccccc6c6c7ccccc7c7ccccc7c65)c5ccc6c7ccccc7n(-c7ccc8c(c7)c7ccccc7n8-c7ccccc7)c6c54)n3)c2)cc1. The van der Waals surface area contributed by atoms with Crippen LogP contribution in [0.5, 0.6) is 0 Å². The van der Waals surface area contributed by atoms with Gasteiger partial charge in [-0.1, -0.05) is 218 Å². The number of nitrogens with zero attached hydrogens (tertiary/aromatic N) is 5. The van der Waals surface area contributed by atoms with Gasteiger partial charge in [0, 0.05) is 65.6 Å². The van der Waals surface area contributed by atoms with Crippen molar-refractivity contribution in [1.82, 2.24) is 23.7 Å². The van der Waals surface area contributed by atoms with Gasteiger partial charge in [0.1, 0.15) is 0 Å². The van der Waals surface area contributed by atoms with Gasteiger partial charge in [-0.25, -0.2) is 9.97 Å². The molecule has 366 valence electrons. The molecule has 0 fully saturated rings. The van der Waals surface area contributed by atoms with Gasteiger partial charge in [0.15, 0.2) is 0 Å². The summed E-state index contributed by atoms with van der Waals surface area (Å²) < 4.78 is 7.36. The molecule has 0 bridgehead atoms. The van der Waals surface area contributed by atoms with Crippen LogP contribution in [0.25, 0.3) is 159 Å². The van der Waals surface area contributed by atoms with E-state index in [0.29, 0.717) is 5.95 Å². The van der Waals surface area contributed by atoms with Crippen molar-refractivity contribution in [2.45, 2.75) is 0 Å². The van der Waals surface area contributed by atoms with Gasteiger partial charge in [-0.05, 0) is 98.0 Å². The number of para-hydroxylation sites is 3. The Hall–Kier alpha value is -10.6. The lowest BCUT2D eigenvalue weighted by Crippen LogP contribution is -2.06. The van der Waals surface area contributed by atoms with Crippen LogP contribution in [0.1, 0.15) is 0 Å². The largest absolute Gasteiger partial charge is 0.309 e. The molecule has 79 heavy (non-hydrogen) atoms. The number of rotatable bonds is 6. The van der Waals surface area contributed by atoms with E-state index in [4.69, 9.17) is 9.97 Å². The van der Waals surface area contributed by atoms with E-state index in [1.165, 1.54) is 70.2 Å². The lowest BCUT2D eigenvalue weighted by Gasteiger charge is -2.17. The molecule has 0 N–H and O–H groups in total. The summed E-state index contributed by atoms with van der Waals surface area (Å²) in [4.78, 5) is 11.6. The minimum atomic E-state index is 0.598. The molecule has 0 spiro atoms. The Bertz CT molecular complexity index is 5360. The predicted octanol–water partition coefficient (Wildman–Crippen LogP) is 19.4.